The minimum absolute atomic E-state index is 0.335. The number of hydrogen-bond donors (Lipinski definition) is 2. The molecule has 114 valence electrons. The fraction of sp³-hybridized carbons (Fsp3) is 0.647. The van der Waals surface area contributed by atoms with E-state index in [9.17, 15) is 9.90 Å². The summed E-state index contributed by atoms with van der Waals surface area (Å²) in [4.78, 5) is 16.1. The van der Waals surface area contributed by atoms with Crippen LogP contribution in [-0.4, -0.2) is 22.1 Å². The van der Waals surface area contributed by atoms with Crippen LogP contribution in [-0.2, 0) is 12.8 Å². The van der Waals surface area contributed by atoms with Crippen molar-refractivity contribution in [3.63, 3.8) is 0 Å². The number of carboxylic acids is 1. The zero-order chi connectivity index (χ0) is 15.0. The van der Waals surface area contributed by atoms with Crippen molar-refractivity contribution in [2.24, 2.45) is 11.8 Å². The van der Waals surface area contributed by atoms with Gasteiger partial charge in [-0.1, -0.05) is 13.8 Å². The lowest BCUT2D eigenvalue weighted by molar-refractivity contribution is 0.0697. The molecule has 1 saturated carbocycles. The van der Waals surface area contributed by atoms with E-state index >= 15 is 0 Å². The van der Waals surface area contributed by atoms with E-state index in [1.165, 1.54) is 6.42 Å². The lowest BCUT2D eigenvalue weighted by atomic mass is 9.80. The Morgan fingerprint density at radius 2 is 1.95 bits per heavy atom. The van der Waals surface area contributed by atoms with Crippen LogP contribution in [0.1, 0.15) is 61.1 Å². The monoisotopic (exact) mass is 288 g/mol. The van der Waals surface area contributed by atoms with Crippen molar-refractivity contribution in [2.45, 2.75) is 58.4 Å². The standard InChI is InChI=1S/C17H24N2O2/c1-10-6-11(2)8-13(7-10)18-16-14(17(20)21)9-12-4-3-5-15(12)19-16/h9-11,13H,3-8H2,1-2H3,(H,18,19)(H,20,21). The first kappa shape index (κ1) is 14.4. The fourth-order valence-electron chi connectivity index (χ4n) is 4.00. The Kier molecular flexibility index (Phi) is 3.87. The summed E-state index contributed by atoms with van der Waals surface area (Å²) in [5.74, 6) is 1.08. The maximum atomic E-state index is 11.5. The van der Waals surface area contributed by atoms with Gasteiger partial charge in [-0.15, -0.1) is 0 Å². The van der Waals surface area contributed by atoms with Crippen molar-refractivity contribution < 1.29 is 9.90 Å². The molecule has 2 aliphatic rings. The Morgan fingerprint density at radius 1 is 1.24 bits per heavy atom. The van der Waals surface area contributed by atoms with E-state index in [0.717, 1.165) is 43.4 Å². The maximum absolute atomic E-state index is 11.5. The molecule has 2 aliphatic carbocycles. The summed E-state index contributed by atoms with van der Waals surface area (Å²) in [5, 5.41) is 12.9. The van der Waals surface area contributed by atoms with Crippen LogP contribution < -0.4 is 5.32 Å². The first-order valence-corrected chi connectivity index (χ1v) is 8.05. The molecule has 1 heterocycles. The number of aryl methyl sites for hydroxylation is 2. The third-order valence-electron chi connectivity index (χ3n) is 4.80. The van der Waals surface area contributed by atoms with Gasteiger partial charge < -0.3 is 10.4 Å². The van der Waals surface area contributed by atoms with Crippen LogP contribution in [0, 0.1) is 11.8 Å². The number of rotatable bonds is 3. The van der Waals surface area contributed by atoms with Crippen LogP contribution in [0.4, 0.5) is 5.82 Å². The molecule has 0 bridgehead atoms. The van der Waals surface area contributed by atoms with Crippen molar-refractivity contribution in [1.82, 2.24) is 4.98 Å². The van der Waals surface area contributed by atoms with Gasteiger partial charge in [-0.3, -0.25) is 0 Å². The molecule has 0 spiro atoms. The lowest BCUT2D eigenvalue weighted by Gasteiger charge is -2.32. The maximum Gasteiger partial charge on any atom is 0.339 e. The highest BCUT2D eigenvalue weighted by molar-refractivity contribution is 5.93. The third kappa shape index (κ3) is 3.04. The molecule has 4 heteroatoms. The Bertz CT molecular complexity index is 546. The molecule has 0 amide bonds. The largest absolute Gasteiger partial charge is 0.478 e. The fourth-order valence-corrected chi connectivity index (χ4v) is 4.00. The number of nitrogens with zero attached hydrogens (tertiary/aromatic N) is 1. The van der Waals surface area contributed by atoms with Gasteiger partial charge in [0.25, 0.3) is 0 Å². The molecule has 0 radical (unpaired) electrons. The van der Waals surface area contributed by atoms with Gasteiger partial charge in [0.2, 0.25) is 0 Å². The zero-order valence-corrected chi connectivity index (χ0v) is 12.9. The number of carbonyl (C=O) groups is 1. The molecule has 0 saturated heterocycles. The average molecular weight is 288 g/mol. The molecule has 2 atom stereocenters. The molecule has 2 unspecified atom stereocenters. The molecule has 1 fully saturated rings. The first-order valence-electron chi connectivity index (χ1n) is 8.05. The van der Waals surface area contributed by atoms with E-state index in [-0.39, 0.29) is 0 Å². The van der Waals surface area contributed by atoms with Gasteiger partial charge in [-0.05, 0) is 62.0 Å². The van der Waals surface area contributed by atoms with Crippen molar-refractivity contribution in [3.05, 3.63) is 22.9 Å². The molecule has 1 aromatic heterocycles. The molecule has 1 aromatic rings. The Morgan fingerprint density at radius 3 is 2.62 bits per heavy atom. The summed E-state index contributed by atoms with van der Waals surface area (Å²) in [6.07, 6.45) is 6.48. The second-order valence-electron chi connectivity index (χ2n) is 6.91. The van der Waals surface area contributed by atoms with Gasteiger partial charge >= 0.3 is 5.97 Å². The Balaban J connectivity index is 1.85. The topological polar surface area (TPSA) is 62.2 Å². The van der Waals surface area contributed by atoms with Crippen molar-refractivity contribution >= 4 is 11.8 Å². The molecule has 0 aliphatic heterocycles. The van der Waals surface area contributed by atoms with Crippen LogP contribution in [0.2, 0.25) is 0 Å². The summed E-state index contributed by atoms with van der Waals surface area (Å²) >= 11 is 0. The summed E-state index contributed by atoms with van der Waals surface area (Å²) in [5.41, 5.74) is 2.53. The molecule has 3 rings (SSSR count). The molecule has 2 N–H and O–H groups in total. The quantitative estimate of drug-likeness (QED) is 0.893. The Hall–Kier alpha value is -1.58. The number of fused-ring (bicyclic) bond motifs is 1. The number of anilines is 1. The third-order valence-corrected chi connectivity index (χ3v) is 4.80. The van der Waals surface area contributed by atoms with Gasteiger partial charge in [0.05, 0.1) is 0 Å². The molecule has 4 nitrogen and oxygen atoms in total. The number of hydrogen-bond acceptors (Lipinski definition) is 3. The lowest BCUT2D eigenvalue weighted by Crippen LogP contribution is -2.31. The van der Waals surface area contributed by atoms with Gasteiger partial charge in [0.1, 0.15) is 11.4 Å². The minimum atomic E-state index is -0.878. The van der Waals surface area contributed by atoms with Gasteiger partial charge in [0, 0.05) is 11.7 Å². The number of pyridine rings is 1. The molecular weight excluding hydrogens is 264 g/mol. The van der Waals surface area contributed by atoms with Crippen LogP contribution in [0.15, 0.2) is 6.07 Å². The highest BCUT2D eigenvalue weighted by atomic mass is 16.4. The van der Waals surface area contributed by atoms with Gasteiger partial charge in [0.15, 0.2) is 0 Å². The minimum Gasteiger partial charge on any atom is -0.478 e. The normalized spacial score (nSPS) is 28.2. The first-order chi connectivity index (χ1) is 10.0. The summed E-state index contributed by atoms with van der Waals surface area (Å²) in [6.45, 7) is 4.55. The number of nitrogens with one attached hydrogen (secondary N) is 1. The highest BCUT2D eigenvalue weighted by Gasteiger charge is 2.26. The van der Waals surface area contributed by atoms with Crippen LogP contribution in [0.3, 0.4) is 0 Å². The van der Waals surface area contributed by atoms with E-state index in [1.54, 1.807) is 0 Å². The second kappa shape index (κ2) is 5.66. The number of aromatic carboxylic acids is 1. The predicted octanol–water partition coefficient (Wildman–Crippen LogP) is 3.51. The predicted molar refractivity (Wildman–Crippen MR) is 82.8 cm³/mol. The molecule has 21 heavy (non-hydrogen) atoms. The van der Waals surface area contributed by atoms with E-state index in [4.69, 9.17) is 0 Å². The Labute approximate surface area is 126 Å². The zero-order valence-electron chi connectivity index (χ0n) is 12.9. The highest BCUT2D eigenvalue weighted by Crippen LogP contribution is 2.32. The van der Waals surface area contributed by atoms with Crippen molar-refractivity contribution in [2.75, 3.05) is 5.32 Å². The average Bonchev–Trinajstić information content (AvgIpc) is 2.83. The summed E-state index contributed by atoms with van der Waals surface area (Å²) in [6, 6.07) is 2.17. The van der Waals surface area contributed by atoms with Crippen molar-refractivity contribution in [1.29, 1.82) is 0 Å². The number of carboxylic acid groups (broad SMARTS) is 1. The van der Waals surface area contributed by atoms with E-state index in [1.807, 2.05) is 6.07 Å². The van der Waals surface area contributed by atoms with Crippen molar-refractivity contribution in [3.8, 4) is 0 Å². The van der Waals surface area contributed by atoms with E-state index < -0.39 is 5.97 Å². The van der Waals surface area contributed by atoms with Gasteiger partial charge in [-0.2, -0.15) is 0 Å². The smallest absolute Gasteiger partial charge is 0.339 e. The molecule has 0 aromatic carbocycles. The SMILES string of the molecule is CC1CC(C)CC(Nc2nc3c(cc2C(=O)O)CCC3)C1. The van der Waals surface area contributed by atoms with Gasteiger partial charge in [-0.25, -0.2) is 9.78 Å². The van der Waals surface area contributed by atoms with Crippen LogP contribution >= 0.6 is 0 Å². The van der Waals surface area contributed by atoms with Crippen LogP contribution in [0.25, 0.3) is 0 Å². The van der Waals surface area contributed by atoms with E-state index in [2.05, 4.69) is 24.1 Å². The number of aromatic nitrogens is 1. The van der Waals surface area contributed by atoms with E-state index in [0.29, 0.717) is 29.3 Å². The molecular formula is C17H24N2O2. The second-order valence-corrected chi connectivity index (χ2v) is 6.91. The summed E-state index contributed by atoms with van der Waals surface area (Å²) in [7, 11) is 0. The van der Waals surface area contributed by atoms with Crippen LogP contribution in [0.5, 0.6) is 0 Å². The summed E-state index contributed by atoms with van der Waals surface area (Å²) < 4.78 is 0.